The molecular formula is C18H23NO. The van der Waals surface area contributed by atoms with Crippen LogP contribution in [-0.2, 0) is 0 Å². The molecule has 0 heterocycles. The molecule has 0 bridgehead atoms. The maximum atomic E-state index is 12.1. The Morgan fingerprint density at radius 1 is 1.00 bits per heavy atom. The second-order valence-electron chi connectivity index (χ2n) is 4.98. The molecule has 0 radical (unpaired) electrons. The lowest BCUT2D eigenvalue weighted by Crippen LogP contribution is -2.01. The zero-order valence-corrected chi connectivity index (χ0v) is 12.5. The minimum atomic E-state index is 0.160. The van der Waals surface area contributed by atoms with Crippen molar-refractivity contribution in [3.05, 3.63) is 47.0 Å². The van der Waals surface area contributed by atoms with Crippen molar-refractivity contribution in [1.82, 2.24) is 0 Å². The van der Waals surface area contributed by atoms with E-state index >= 15 is 0 Å². The molecule has 1 aromatic rings. The maximum Gasteiger partial charge on any atom is 0.163 e. The number of nitriles is 1. The molecule has 0 unspecified atom stereocenters. The van der Waals surface area contributed by atoms with E-state index in [2.05, 4.69) is 19.9 Å². The summed E-state index contributed by atoms with van der Waals surface area (Å²) in [5.74, 6) is 0.160. The Labute approximate surface area is 122 Å². The normalized spacial score (nSPS) is 11.7. The average Bonchev–Trinajstić information content (AvgIpc) is 2.50. The molecule has 0 fully saturated rings. The molecule has 0 spiro atoms. The third-order valence-electron chi connectivity index (χ3n) is 3.36. The quantitative estimate of drug-likeness (QED) is 0.488. The van der Waals surface area contributed by atoms with E-state index in [0.717, 1.165) is 36.8 Å². The van der Waals surface area contributed by atoms with Crippen LogP contribution >= 0.6 is 0 Å². The number of rotatable bonds is 8. The van der Waals surface area contributed by atoms with Gasteiger partial charge in [-0.25, -0.2) is 0 Å². The fourth-order valence-electron chi connectivity index (χ4n) is 2.32. The van der Waals surface area contributed by atoms with Gasteiger partial charge >= 0.3 is 0 Å². The van der Waals surface area contributed by atoms with Crippen molar-refractivity contribution in [1.29, 1.82) is 5.26 Å². The van der Waals surface area contributed by atoms with E-state index in [9.17, 15) is 10.1 Å². The molecule has 0 aromatic heterocycles. The van der Waals surface area contributed by atoms with Crippen molar-refractivity contribution in [2.45, 2.75) is 52.4 Å². The lowest BCUT2D eigenvalue weighted by atomic mass is 9.94. The summed E-state index contributed by atoms with van der Waals surface area (Å²) in [7, 11) is 0. The molecule has 0 saturated heterocycles. The highest BCUT2D eigenvalue weighted by Gasteiger charge is 2.10. The lowest BCUT2D eigenvalue weighted by Gasteiger charge is -2.09. The SMILES string of the molecule is CCC/C(C#N)=C(\CCC)CCC(=O)c1ccccc1. The van der Waals surface area contributed by atoms with Gasteiger partial charge in [0, 0.05) is 17.6 Å². The molecule has 1 rings (SSSR count). The standard InChI is InChI=1S/C18H23NO/c1-3-8-15(17(14-19)9-4-2)12-13-18(20)16-10-6-5-7-11-16/h5-7,10-11H,3-4,8-9,12-13H2,1-2H3/b17-15-. The summed E-state index contributed by atoms with van der Waals surface area (Å²) in [6, 6.07) is 11.7. The number of allylic oxidation sites excluding steroid dienone is 2. The Kier molecular flexibility index (Phi) is 7.35. The van der Waals surface area contributed by atoms with E-state index in [1.165, 1.54) is 5.57 Å². The smallest absolute Gasteiger partial charge is 0.163 e. The summed E-state index contributed by atoms with van der Waals surface area (Å²) >= 11 is 0. The Balaban J connectivity index is 2.73. The van der Waals surface area contributed by atoms with Crippen molar-refractivity contribution < 1.29 is 4.79 Å². The van der Waals surface area contributed by atoms with Crippen molar-refractivity contribution in [2.24, 2.45) is 0 Å². The maximum absolute atomic E-state index is 12.1. The Bertz CT molecular complexity index is 494. The molecular weight excluding hydrogens is 246 g/mol. The molecule has 0 N–H and O–H groups in total. The monoisotopic (exact) mass is 269 g/mol. The average molecular weight is 269 g/mol. The fourth-order valence-corrected chi connectivity index (χ4v) is 2.32. The highest BCUT2D eigenvalue weighted by molar-refractivity contribution is 5.96. The first kappa shape index (κ1) is 16.2. The van der Waals surface area contributed by atoms with Crippen LogP contribution in [0.4, 0.5) is 0 Å². The molecule has 0 aliphatic heterocycles. The van der Waals surface area contributed by atoms with Crippen LogP contribution in [0.2, 0.25) is 0 Å². The van der Waals surface area contributed by atoms with E-state index in [1.807, 2.05) is 30.3 Å². The third kappa shape index (κ3) is 5.01. The first-order chi connectivity index (χ1) is 9.72. The van der Waals surface area contributed by atoms with Gasteiger partial charge in [0.15, 0.2) is 5.78 Å². The van der Waals surface area contributed by atoms with Crippen LogP contribution in [0, 0.1) is 11.3 Å². The van der Waals surface area contributed by atoms with E-state index in [1.54, 1.807) is 0 Å². The minimum absolute atomic E-state index is 0.160. The summed E-state index contributed by atoms with van der Waals surface area (Å²) in [6.07, 6.45) is 4.95. The van der Waals surface area contributed by atoms with Crippen LogP contribution in [0.3, 0.4) is 0 Å². The second kappa shape index (κ2) is 9.09. The van der Waals surface area contributed by atoms with E-state index < -0.39 is 0 Å². The first-order valence-electron chi connectivity index (χ1n) is 7.42. The molecule has 1 aromatic carbocycles. The topological polar surface area (TPSA) is 40.9 Å². The van der Waals surface area contributed by atoms with Crippen LogP contribution in [0.25, 0.3) is 0 Å². The molecule has 0 saturated carbocycles. The fraction of sp³-hybridized carbons (Fsp3) is 0.444. The first-order valence-corrected chi connectivity index (χ1v) is 7.42. The van der Waals surface area contributed by atoms with Crippen molar-refractivity contribution in [2.75, 3.05) is 0 Å². The van der Waals surface area contributed by atoms with Crippen molar-refractivity contribution >= 4 is 5.78 Å². The highest BCUT2D eigenvalue weighted by atomic mass is 16.1. The van der Waals surface area contributed by atoms with Crippen LogP contribution in [0.5, 0.6) is 0 Å². The van der Waals surface area contributed by atoms with Gasteiger partial charge in [-0.15, -0.1) is 0 Å². The Morgan fingerprint density at radius 2 is 1.65 bits per heavy atom. The van der Waals surface area contributed by atoms with Gasteiger partial charge in [0.2, 0.25) is 0 Å². The molecule has 0 aliphatic carbocycles. The van der Waals surface area contributed by atoms with E-state index in [-0.39, 0.29) is 5.78 Å². The van der Waals surface area contributed by atoms with Gasteiger partial charge in [-0.3, -0.25) is 4.79 Å². The number of carbonyl (C=O) groups is 1. The Morgan fingerprint density at radius 3 is 2.20 bits per heavy atom. The number of nitrogens with zero attached hydrogens (tertiary/aromatic N) is 1. The molecule has 0 atom stereocenters. The largest absolute Gasteiger partial charge is 0.294 e. The lowest BCUT2D eigenvalue weighted by molar-refractivity contribution is 0.0982. The zero-order valence-electron chi connectivity index (χ0n) is 12.5. The third-order valence-corrected chi connectivity index (χ3v) is 3.36. The van der Waals surface area contributed by atoms with Crippen LogP contribution in [0.1, 0.15) is 62.7 Å². The predicted octanol–water partition coefficient (Wildman–Crippen LogP) is 5.07. The number of ketones is 1. The highest BCUT2D eigenvalue weighted by Crippen LogP contribution is 2.21. The van der Waals surface area contributed by atoms with Gasteiger partial charge in [-0.1, -0.05) is 62.6 Å². The molecule has 20 heavy (non-hydrogen) atoms. The van der Waals surface area contributed by atoms with Crippen LogP contribution < -0.4 is 0 Å². The second-order valence-corrected chi connectivity index (χ2v) is 4.98. The summed E-state index contributed by atoms with van der Waals surface area (Å²) in [5.41, 5.74) is 2.81. The number of carbonyl (C=O) groups excluding carboxylic acids is 1. The van der Waals surface area contributed by atoms with Crippen molar-refractivity contribution in [3.8, 4) is 6.07 Å². The number of benzene rings is 1. The summed E-state index contributed by atoms with van der Waals surface area (Å²) < 4.78 is 0. The van der Waals surface area contributed by atoms with Crippen LogP contribution in [-0.4, -0.2) is 5.78 Å². The van der Waals surface area contributed by atoms with Gasteiger partial charge in [0.25, 0.3) is 0 Å². The molecule has 2 heteroatoms. The van der Waals surface area contributed by atoms with Gasteiger partial charge in [-0.05, 0) is 19.3 Å². The van der Waals surface area contributed by atoms with Crippen molar-refractivity contribution in [3.63, 3.8) is 0 Å². The zero-order chi connectivity index (χ0) is 14.8. The molecule has 106 valence electrons. The number of hydrogen-bond donors (Lipinski definition) is 0. The number of Topliss-reactive ketones (excluding diaryl/α,β-unsaturated/α-hetero) is 1. The molecule has 0 aliphatic rings. The molecule has 0 amide bonds. The van der Waals surface area contributed by atoms with Gasteiger partial charge in [-0.2, -0.15) is 5.26 Å². The van der Waals surface area contributed by atoms with Gasteiger partial charge in [0.1, 0.15) is 0 Å². The van der Waals surface area contributed by atoms with Gasteiger partial charge < -0.3 is 0 Å². The van der Waals surface area contributed by atoms with E-state index in [0.29, 0.717) is 12.8 Å². The number of hydrogen-bond acceptors (Lipinski definition) is 2. The Hall–Kier alpha value is -1.88. The predicted molar refractivity (Wildman–Crippen MR) is 82.5 cm³/mol. The van der Waals surface area contributed by atoms with Gasteiger partial charge in [0.05, 0.1) is 6.07 Å². The minimum Gasteiger partial charge on any atom is -0.294 e. The summed E-state index contributed by atoms with van der Waals surface area (Å²) in [5, 5.41) is 9.24. The summed E-state index contributed by atoms with van der Waals surface area (Å²) in [4.78, 5) is 12.1. The van der Waals surface area contributed by atoms with E-state index in [4.69, 9.17) is 0 Å². The summed E-state index contributed by atoms with van der Waals surface area (Å²) in [6.45, 7) is 4.19. The molecule has 2 nitrogen and oxygen atoms in total. The van der Waals surface area contributed by atoms with Crippen LogP contribution in [0.15, 0.2) is 41.5 Å².